The minimum Gasteiger partial charge on any atom is -0.354 e. The lowest BCUT2D eigenvalue weighted by Gasteiger charge is -2.34. The molecule has 0 radical (unpaired) electrons. The molecule has 1 N–H and O–H groups in total. The molecule has 3 unspecified atom stereocenters. The van der Waals surface area contributed by atoms with Crippen molar-refractivity contribution in [2.45, 2.75) is 51.7 Å². The van der Waals surface area contributed by atoms with Crippen molar-refractivity contribution >= 4 is 5.91 Å². The average molecular weight is 370 g/mol. The third-order valence-corrected chi connectivity index (χ3v) is 5.43. The number of hydrogen-bond donors (Lipinski definition) is 1. The molecule has 0 aromatic heterocycles. The maximum absolute atomic E-state index is 13.3. The van der Waals surface area contributed by atoms with E-state index in [1.54, 1.807) is 0 Å². The monoisotopic (exact) mass is 370 g/mol. The van der Waals surface area contributed by atoms with Crippen molar-refractivity contribution in [3.63, 3.8) is 0 Å². The van der Waals surface area contributed by atoms with E-state index in [1.165, 1.54) is 0 Å². The summed E-state index contributed by atoms with van der Waals surface area (Å²) >= 11 is 0. The second-order valence-electron chi connectivity index (χ2n) is 6.93. The Balaban J connectivity index is 2.08. The predicted octanol–water partition coefficient (Wildman–Crippen LogP) is 4.55. The van der Waals surface area contributed by atoms with Crippen LogP contribution in [0.5, 0.6) is 0 Å². The number of rotatable bonds is 7. The van der Waals surface area contributed by atoms with Gasteiger partial charge < -0.3 is 5.32 Å². The molecule has 1 aliphatic carbocycles. The van der Waals surface area contributed by atoms with Crippen molar-refractivity contribution in [2.24, 2.45) is 11.8 Å². The Hall–Kier alpha value is -1.56. The summed E-state index contributed by atoms with van der Waals surface area (Å²) in [5.74, 6) is -2.93. The third-order valence-electron chi connectivity index (χ3n) is 5.43. The van der Waals surface area contributed by atoms with Crippen LogP contribution >= 0.6 is 0 Å². The quantitative estimate of drug-likeness (QED) is 0.763. The maximum Gasteiger partial charge on any atom is 0.392 e. The Morgan fingerprint density at radius 2 is 1.77 bits per heavy atom. The van der Waals surface area contributed by atoms with Crippen LogP contribution in [0, 0.1) is 11.8 Å². The molecule has 0 bridgehead atoms. The second kappa shape index (κ2) is 9.40. The summed E-state index contributed by atoms with van der Waals surface area (Å²) < 4.78 is 39.8. The van der Waals surface area contributed by atoms with E-state index in [-0.39, 0.29) is 12.5 Å². The lowest BCUT2D eigenvalue weighted by atomic mass is 9.78. The van der Waals surface area contributed by atoms with Crippen LogP contribution in [-0.2, 0) is 4.79 Å². The van der Waals surface area contributed by atoms with E-state index < -0.39 is 23.9 Å². The molecule has 3 atom stereocenters. The number of nitrogens with zero attached hydrogens (tertiary/aromatic N) is 1. The van der Waals surface area contributed by atoms with Crippen LogP contribution in [0.4, 0.5) is 13.2 Å². The smallest absolute Gasteiger partial charge is 0.354 e. The summed E-state index contributed by atoms with van der Waals surface area (Å²) in [5, 5.41) is 2.82. The van der Waals surface area contributed by atoms with Crippen molar-refractivity contribution in [1.29, 1.82) is 0 Å². The fourth-order valence-electron chi connectivity index (χ4n) is 3.96. The Morgan fingerprint density at radius 3 is 2.35 bits per heavy atom. The molecule has 3 nitrogen and oxygen atoms in total. The molecular weight excluding hydrogens is 341 g/mol. The van der Waals surface area contributed by atoms with Gasteiger partial charge in [0.25, 0.3) is 0 Å². The normalized spacial score (nSPS) is 22.2. The van der Waals surface area contributed by atoms with Crippen molar-refractivity contribution in [3.05, 3.63) is 35.9 Å². The molecule has 1 aromatic rings. The Labute approximate surface area is 154 Å². The third kappa shape index (κ3) is 5.22. The number of nitrogens with one attached hydrogen (secondary N) is 1. The minimum atomic E-state index is -4.31. The SMILES string of the molecule is CCN(CC)C(CNC(=O)C1CCCCC1C(F)(F)F)c1ccccc1. The van der Waals surface area contributed by atoms with E-state index in [0.717, 1.165) is 18.7 Å². The molecule has 26 heavy (non-hydrogen) atoms. The van der Waals surface area contributed by atoms with E-state index in [2.05, 4.69) is 10.2 Å². The van der Waals surface area contributed by atoms with Gasteiger partial charge in [-0.1, -0.05) is 57.0 Å². The van der Waals surface area contributed by atoms with Crippen LogP contribution in [0.25, 0.3) is 0 Å². The number of hydrogen-bond acceptors (Lipinski definition) is 2. The minimum absolute atomic E-state index is 0.0388. The van der Waals surface area contributed by atoms with E-state index in [1.807, 2.05) is 44.2 Å². The number of halogens is 3. The Bertz CT molecular complexity index is 558. The lowest BCUT2D eigenvalue weighted by Crippen LogP contribution is -2.45. The van der Waals surface area contributed by atoms with Crippen LogP contribution in [0.15, 0.2) is 30.3 Å². The van der Waals surface area contributed by atoms with Crippen molar-refractivity contribution in [3.8, 4) is 0 Å². The number of benzene rings is 1. The first-order valence-electron chi connectivity index (χ1n) is 9.51. The van der Waals surface area contributed by atoms with Gasteiger partial charge >= 0.3 is 6.18 Å². The highest BCUT2D eigenvalue weighted by Crippen LogP contribution is 2.41. The van der Waals surface area contributed by atoms with Gasteiger partial charge in [0.2, 0.25) is 5.91 Å². The summed E-state index contributed by atoms with van der Waals surface area (Å²) in [5.41, 5.74) is 1.06. The lowest BCUT2D eigenvalue weighted by molar-refractivity contribution is -0.198. The summed E-state index contributed by atoms with van der Waals surface area (Å²) in [7, 11) is 0. The summed E-state index contributed by atoms with van der Waals surface area (Å²) in [6.45, 7) is 6.02. The zero-order valence-electron chi connectivity index (χ0n) is 15.6. The van der Waals surface area contributed by atoms with Gasteiger partial charge in [-0.3, -0.25) is 9.69 Å². The van der Waals surface area contributed by atoms with E-state index >= 15 is 0 Å². The maximum atomic E-state index is 13.3. The highest BCUT2D eigenvalue weighted by molar-refractivity contribution is 5.79. The van der Waals surface area contributed by atoms with E-state index in [9.17, 15) is 18.0 Å². The first kappa shape index (κ1) is 20.7. The van der Waals surface area contributed by atoms with E-state index in [0.29, 0.717) is 25.8 Å². The number of likely N-dealkylation sites (N-methyl/N-ethyl adjacent to an activating group) is 1. The summed E-state index contributed by atoms with van der Waals surface area (Å²) in [4.78, 5) is 14.8. The van der Waals surface area contributed by atoms with Crippen molar-refractivity contribution in [1.82, 2.24) is 10.2 Å². The molecule has 1 aromatic carbocycles. The zero-order chi connectivity index (χ0) is 19.2. The van der Waals surface area contributed by atoms with Gasteiger partial charge in [-0.15, -0.1) is 0 Å². The van der Waals surface area contributed by atoms with E-state index in [4.69, 9.17) is 0 Å². The van der Waals surface area contributed by atoms with Gasteiger partial charge in [0.05, 0.1) is 12.0 Å². The van der Waals surface area contributed by atoms with Gasteiger partial charge in [0.1, 0.15) is 0 Å². The Morgan fingerprint density at radius 1 is 1.15 bits per heavy atom. The molecular formula is C20H29F3N2O. The number of carbonyl (C=O) groups excluding carboxylic acids is 1. The largest absolute Gasteiger partial charge is 0.392 e. The predicted molar refractivity (Wildman–Crippen MR) is 96.6 cm³/mol. The van der Waals surface area contributed by atoms with Gasteiger partial charge in [0.15, 0.2) is 0 Å². The van der Waals surface area contributed by atoms with Crippen molar-refractivity contribution in [2.75, 3.05) is 19.6 Å². The van der Waals surface area contributed by atoms with Crippen molar-refractivity contribution < 1.29 is 18.0 Å². The van der Waals surface area contributed by atoms with Gasteiger partial charge in [0, 0.05) is 12.5 Å². The molecule has 1 fully saturated rings. The zero-order valence-corrected chi connectivity index (χ0v) is 15.6. The molecule has 1 aliphatic rings. The molecule has 0 saturated heterocycles. The highest BCUT2D eigenvalue weighted by atomic mass is 19.4. The first-order valence-corrected chi connectivity index (χ1v) is 9.51. The molecule has 0 heterocycles. The van der Waals surface area contributed by atoms with Crippen LogP contribution in [-0.4, -0.2) is 36.6 Å². The van der Waals surface area contributed by atoms with Gasteiger partial charge in [-0.25, -0.2) is 0 Å². The average Bonchev–Trinajstić information content (AvgIpc) is 2.65. The fraction of sp³-hybridized carbons (Fsp3) is 0.650. The van der Waals surface area contributed by atoms with Gasteiger partial charge in [-0.2, -0.15) is 13.2 Å². The highest BCUT2D eigenvalue weighted by Gasteiger charge is 2.48. The van der Waals surface area contributed by atoms with Gasteiger partial charge in [-0.05, 0) is 31.5 Å². The van der Waals surface area contributed by atoms with Crippen LogP contribution < -0.4 is 5.32 Å². The molecule has 0 spiro atoms. The van der Waals surface area contributed by atoms with Crippen LogP contribution in [0.2, 0.25) is 0 Å². The molecule has 1 amide bonds. The number of amides is 1. The van der Waals surface area contributed by atoms with Crippen LogP contribution in [0.3, 0.4) is 0 Å². The molecule has 2 rings (SSSR count). The summed E-state index contributed by atoms with van der Waals surface area (Å²) in [6, 6.07) is 9.76. The molecule has 0 aliphatic heterocycles. The topological polar surface area (TPSA) is 32.3 Å². The molecule has 6 heteroatoms. The fourth-order valence-corrected chi connectivity index (χ4v) is 3.96. The van der Waals surface area contributed by atoms with Crippen LogP contribution in [0.1, 0.15) is 51.1 Å². The second-order valence-corrected chi connectivity index (χ2v) is 6.93. The number of carbonyl (C=O) groups is 1. The molecule has 1 saturated carbocycles. The Kier molecular flexibility index (Phi) is 7.50. The standard InChI is InChI=1S/C20H29F3N2O/c1-3-25(4-2)18(15-10-6-5-7-11-15)14-24-19(26)16-12-8-9-13-17(16)20(21,22)23/h5-7,10-11,16-18H,3-4,8-9,12-14H2,1-2H3,(H,24,26). The first-order chi connectivity index (χ1) is 12.4. The number of alkyl halides is 3. The molecule has 146 valence electrons. The summed E-state index contributed by atoms with van der Waals surface area (Å²) in [6.07, 6.45) is -2.71.